The standard InChI is InChI=1S/C24H21N5O3/c1-16-20(24(31)29(27-16)23-6-4-5-13-28(23)2)14-17-7-12-22(30)21(15-17)26-25-18-8-10-19(32-3)11-9-18/h4-15H,1-3H3/p+1. The van der Waals surface area contributed by atoms with E-state index in [1.807, 2.05) is 36.0 Å². The summed E-state index contributed by atoms with van der Waals surface area (Å²) in [5.74, 6) is 1.15. The summed E-state index contributed by atoms with van der Waals surface area (Å²) in [4.78, 5) is 13.0. The van der Waals surface area contributed by atoms with Gasteiger partial charge < -0.3 is 9.84 Å². The van der Waals surface area contributed by atoms with Crippen molar-refractivity contribution in [3.05, 3.63) is 78.0 Å². The number of amides is 1. The number of carbonyl (C=O) groups excluding carboxylic acids is 1. The maximum Gasteiger partial charge on any atom is 0.368 e. The third-order valence-electron chi connectivity index (χ3n) is 4.96. The molecular formula is C24H22N5O3+. The molecule has 32 heavy (non-hydrogen) atoms. The van der Waals surface area contributed by atoms with Gasteiger partial charge in [-0.25, -0.2) is 9.36 Å². The van der Waals surface area contributed by atoms with E-state index in [2.05, 4.69) is 15.3 Å². The van der Waals surface area contributed by atoms with Crippen molar-refractivity contribution < 1.29 is 19.2 Å². The lowest BCUT2D eigenvalue weighted by atomic mass is 10.1. The lowest BCUT2D eigenvalue weighted by molar-refractivity contribution is -0.658. The fraction of sp³-hybridized carbons (Fsp3) is 0.125. The molecule has 4 rings (SSSR count). The van der Waals surface area contributed by atoms with Crippen LogP contribution in [0.15, 0.2) is 87.8 Å². The highest BCUT2D eigenvalue weighted by Crippen LogP contribution is 2.31. The Bertz CT molecular complexity index is 1260. The molecule has 2 aromatic carbocycles. The lowest BCUT2D eigenvalue weighted by Crippen LogP contribution is -2.37. The molecule has 0 saturated heterocycles. The number of rotatable bonds is 5. The SMILES string of the molecule is COc1ccc(N=Nc2cc(/C=C3/C(=O)N(c4cccc[n+]4C)N=C3C)ccc2O)cc1. The van der Waals surface area contributed by atoms with Crippen LogP contribution in [0, 0.1) is 0 Å². The smallest absolute Gasteiger partial charge is 0.368 e. The summed E-state index contributed by atoms with van der Waals surface area (Å²) in [6.45, 7) is 1.79. The van der Waals surface area contributed by atoms with Gasteiger partial charge >= 0.3 is 11.7 Å². The van der Waals surface area contributed by atoms with E-state index in [1.54, 1.807) is 56.5 Å². The molecule has 2 heterocycles. The normalized spacial score (nSPS) is 15.0. The minimum atomic E-state index is -0.223. The predicted octanol–water partition coefficient (Wildman–Crippen LogP) is 4.45. The van der Waals surface area contributed by atoms with Gasteiger partial charge in [0.2, 0.25) is 0 Å². The highest BCUT2D eigenvalue weighted by Gasteiger charge is 2.37. The first-order valence-corrected chi connectivity index (χ1v) is 9.91. The number of hydrogen-bond acceptors (Lipinski definition) is 6. The zero-order chi connectivity index (χ0) is 22.7. The number of phenolic OH excluding ortho intramolecular Hbond substituents is 1. The van der Waals surface area contributed by atoms with Crippen molar-refractivity contribution in [3.8, 4) is 11.5 Å². The maximum absolute atomic E-state index is 13.0. The molecule has 0 radical (unpaired) electrons. The zero-order valence-electron chi connectivity index (χ0n) is 17.9. The maximum atomic E-state index is 13.0. The fourth-order valence-electron chi connectivity index (χ4n) is 3.21. The van der Waals surface area contributed by atoms with Gasteiger partial charge in [-0.2, -0.15) is 5.11 Å². The molecule has 1 amide bonds. The van der Waals surface area contributed by atoms with Crippen molar-refractivity contribution in [1.82, 2.24) is 0 Å². The van der Waals surface area contributed by atoms with E-state index in [1.165, 1.54) is 11.1 Å². The van der Waals surface area contributed by atoms with E-state index in [9.17, 15) is 9.90 Å². The number of phenols is 1. The monoisotopic (exact) mass is 428 g/mol. The van der Waals surface area contributed by atoms with E-state index in [0.717, 1.165) is 5.75 Å². The molecule has 0 saturated carbocycles. The molecule has 1 aliphatic rings. The van der Waals surface area contributed by atoms with Crippen LogP contribution in [0.5, 0.6) is 11.5 Å². The topological polar surface area (TPSA) is 90.7 Å². The van der Waals surface area contributed by atoms with E-state index in [0.29, 0.717) is 34.0 Å². The van der Waals surface area contributed by atoms with Crippen LogP contribution < -0.4 is 14.3 Å². The third kappa shape index (κ3) is 4.24. The van der Waals surface area contributed by atoms with E-state index >= 15 is 0 Å². The van der Waals surface area contributed by atoms with Crippen molar-refractivity contribution in [2.24, 2.45) is 22.4 Å². The zero-order valence-corrected chi connectivity index (χ0v) is 17.9. The van der Waals surface area contributed by atoms with E-state index in [4.69, 9.17) is 4.74 Å². The van der Waals surface area contributed by atoms with Gasteiger partial charge in [0.15, 0.2) is 0 Å². The lowest BCUT2D eigenvalue weighted by Gasteiger charge is -2.05. The van der Waals surface area contributed by atoms with Crippen LogP contribution in [0.4, 0.5) is 17.2 Å². The van der Waals surface area contributed by atoms with Crippen LogP contribution in [0.1, 0.15) is 12.5 Å². The largest absolute Gasteiger partial charge is 0.506 e. The van der Waals surface area contributed by atoms with Gasteiger partial charge in [0.1, 0.15) is 17.2 Å². The number of pyridine rings is 1. The van der Waals surface area contributed by atoms with E-state index in [-0.39, 0.29) is 11.7 Å². The van der Waals surface area contributed by atoms with Gasteiger partial charge in [0.05, 0.1) is 37.3 Å². The quantitative estimate of drug-likeness (QED) is 0.370. The van der Waals surface area contributed by atoms with Crippen LogP contribution in [0.2, 0.25) is 0 Å². The fourth-order valence-corrected chi connectivity index (χ4v) is 3.21. The van der Waals surface area contributed by atoms with Crippen LogP contribution in [0.3, 0.4) is 0 Å². The number of benzene rings is 2. The first-order chi connectivity index (χ1) is 15.5. The Morgan fingerprint density at radius 3 is 2.59 bits per heavy atom. The van der Waals surface area contributed by atoms with Gasteiger partial charge in [0, 0.05) is 6.07 Å². The number of hydrogen-bond donors (Lipinski definition) is 1. The third-order valence-corrected chi connectivity index (χ3v) is 4.96. The Balaban J connectivity index is 1.60. The molecule has 0 unspecified atom stereocenters. The minimum Gasteiger partial charge on any atom is -0.506 e. The number of carbonyl (C=O) groups is 1. The summed E-state index contributed by atoms with van der Waals surface area (Å²) in [5.41, 5.74) is 2.69. The Hall–Kier alpha value is -4.33. The molecule has 8 heteroatoms. The van der Waals surface area contributed by atoms with Gasteiger partial charge in [0.25, 0.3) is 0 Å². The van der Waals surface area contributed by atoms with Gasteiger partial charge in [-0.3, -0.25) is 0 Å². The second kappa shape index (κ2) is 8.81. The molecular weight excluding hydrogens is 406 g/mol. The summed E-state index contributed by atoms with van der Waals surface area (Å²) < 4.78 is 6.96. The van der Waals surface area contributed by atoms with E-state index < -0.39 is 0 Å². The number of aromatic nitrogens is 1. The molecule has 1 aromatic heterocycles. The molecule has 0 atom stereocenters. The molecule has 0 spiro atoms. The van der Waals surface area contributed by atoms with Crippen LogP contribution >= 0.6 is 0 Å². The molecule has 3 aromatic rings. The molecule has 8 nitrogen and oxygen atoms in total. The Kier molecular flexibility index (Phi) is 5.76. The van der Waals surface area contributed by atoms with Gasteiger partial charge in [-0.05, 0) is 61.0 Å². The summed E-state index contributed by atoms with van der Waals surface area (Å²) in [5, 5.41) is 24.3. The number of nitrogens with zero attached hydrogens (tertiary/aromatic N) is 5. The van der Waals surface area contributed by atoms with Crippen molar-refractivity contribution >= 4 is 34.9 Å². The number of aryl methyl sites for hydroxylation is 1. The number of azo groups is 1. The van der Waals surface area contributed by atoms with Crippen molar-refractivity contribution in [2.75, 3.05) is 12.1 Å². The average Bonchev–Trinajstić information content (AvgIpc) is 3.08. The molecule has 160 valence electrons. The first-order valence-electron chi connectivity index (χ1n) is 9.91. The Morgan fingerprint density at radius 1 is 1.09 bits per heavy atom. The first kappa shape index (κ1) is 20.9. The number of aromatic hydroxyl groups is 1. The number of methoxy groups -OCH3 is 1. The van der Waals surface area contributed by atoms with Gasteiger partial charge in [-0.1, -0.05) is 22.2 Å². The number of anilines is 1. The summed E-state index contributed by atoms with van der Waals surface area (Å²) >= 11 is 0. The average molecular weight is 428 g/mol. The molecule has 0 fully saturated rings. The van der Waals surface area contributed by atoms with Crippen molar-refractivity contribution in [3.63, 3.8) is 0 Å². The molecule has 0 bridgehead atoms. The number of ether oxygens (including phenoxy) is 1. The molecule has 0 aliphatic carbocycles. The summed E-state index contributed by atoms with van der Waals surface area (Å²) in [7, 11) is 3.45. The van der Waals surface area contributed by atoms with Gasteiger partial charge in [-0.15, -0.1) is 5.11 Å². The van der Waals surface area contributed by atoms with Crippen LogP contribution in [0.25, 0.3) is 6.08 Å². The Morgan fingerprint density at radius 2 is 1.88 bits per heavy atom. The molecule has 1 aliphatic heterocycles. The highest BCUT2D eigenvalue weighted by atomic mass is 16.5. The summed E-state index contributed by atoms with van der Waals surface area (Å²) in [6, 6.07) is 17.6. The summed E-state index contributed by atoms with van der Waals surface area (Å²) in [6.07, 6.45) is 3.59. The highest BCUT2D eigenvalue weighted by molar-refractivity contribution is 6.31. The second-order valence-electron chi connectivity index (χ2n) is 7.18. The van der Waals surface area contributed by atoms with Crippen LogP contribution in [-0.2, 0) is 11.8 Å². The Labute approximate surface area is 185 Å². The minimum absolute atomic E-state index is 0.00881. The van der Waals surface area contributed by atoms with Crippen molar-refractivity contribution in [1.29, 1.82) is 0 Å². The van der Waals surface area contributed by atoms with Crippen molar-refractivity contribution in [2.45, 2.75) is 6.92 Å². The second-order valence-corrected chi connectivity index (χ2v) is 7.18. The molecule has 1 N–H and O–H groups in total. The predicted molar refractivity (Wildman–Crippen MR) is 121 cm³/mol. The van der Waals surface area contributed by atoms with Crippen LogP contribution in [-0.4, -0.2) is 23.8 Å². The number of hydrazone groups is 1.